The molecule has 1 aromatic heterocycles. The average molecular weight is 477 g/mol. The molecule has 4 heterocycles. The van der Waals surface area contributed by atoms with E-state index in [2.05, 4.69) is 9.80 Å². The van der Waals surface area contributed by atoms with Crippen LogP contribution in [0.4, 0.5) is 15.9 Å². The smallest absolute Gasteiger partial charge is 0.253 e. The van der Waals surface area contributed by atoms with Gasteiger partial charge in [-0.15, -0.1) is 0 Å². The number of fused-ring (bicyclic) bond motifs is 1. The first-order valence-electron chi connectivity index (χ1n) is 12.3. The highest BCUT2D eigenvalue weighted by atomic mass is 19.1. The maximum absolute atomic E-state index is 13.3. The van der Waals surface area contributed by atoms with Crippen molar-refractivity contribution in [2.45, 2.75) is 18.6 Å². The fourth-order valence-electron chi connectivity index (χ4n) is 5.39. The number of carbonyl (C=O) groups is 1. The normalized spacial score (nSPS) is 20.1. The van der Waals surface area contributed by atoms with Crippen LogP contribution in [0.15, 0.2) is 54.7 Å². The third kappa shape index (κ3) is 4.32. The van der Waals surface area contributed by atoms with Gasteiger partial charge in [-0.3, -0.25) is 4.79 Å². The van der Waals surface area contributed by atoms with Crippen molar-refractivity contribution in [3.05, 3.63) is 66.1 Å². The third-order valence-corrected chi connectivity index (χ3v) is 7.39. The van der Waals surface area contributed by atoms with Gasteiger partial charge in [-0.1, -0.05) is 6.07 Å². The second-order valence-corrected chi connectivity index (χ2v) is 9.42. The zero-order chi connectivity index (χ0) is 23.8. The Labute approximate surface area is 204 Å². The number of nitrogens with zero attached hydrogens (tertiary/aromatic N) is 4. The van der Waals surface area contributed by atoms with Gasteiger partial charge in [0.1, 0.15) is 11.6 Å². The standard InChI is InChI=1S/C27H29FN4O3/c28-22-3-5-23(6-4-22)30-13-15-31(16-14-30)25-24-19-21(2-1-20(24)7-10-29-25)26(33)32-11-8-27(9-12-32)34-17-18-35-27/h1-7,10,19H,8-9,11-18H2. The fraction of sp³-hybridized carbons (Fsp3) is 0.407. The highest BCUT2D eigenvalue weighted by Gasteiger charge is 2.40. The number of ether oxygens (including phenoxy) is 2. The highest BCUT2D eigenvalue weighted by molar-refractivity contribution is 6.01. The van der Waals surface area contributed by atoms with Gasteiger partial charge in [0.25, 0.3) is 5.91 Å². The Balaban J connectivity index is 1.18. The zero-order valence-electron chi connectivity index (χ0n) is 19.7. The summed E-state index contributed by atoms with van der Waals surface area (Å²) < 4.78 is 24.9. The summed E-state index contributed by atoms with van der Waals surface area (Å²) in [5, 5.41) is 2.06. The molecule has 6 rings (SSSR count). The van der Waals surface area contributed by atoms with Crippen molar-refractivity contribution in [1.82, 2.24) is 9.88 Å². The molecule has 0 atom stereocenters. The molecule has 182 valence electrons. The predicted octanol–water partition coefficient (Wildman–Crippen LogP) is 3.68. The number of pyridine rings is 1. The quantitative estimate of drug-likeness (QED) is 0.575. The molecule has 1 spiro atoms. The van der Waals surface area contributed by atoms with E-state index >= 15 is 0 Å². The summed E-state index contributed by atoms with van der Waals surface area (Å²) in [5.41, 5.74) is 1.71. The fourth-order valence-corrected chi connectivity index (χ4v) is 5.39. The summed E-state index contributed by atoms with van der Waals surface area (Å²) in [6.45, 7) is 5.76. The number of piperidine rings is 1. The van der Waals surface area contributed by atoms with Gasteiger partial charge in [0.15, 0.2) is 5.79 Å². The van der Waals surface area contributed by atoms with Gasteiger partial charge in [-0.05, 0) is 47.9 Å². The van der Waals surface area contributed by atoms with Crippen LogP contribution in [0.2, 0.25) is 0 Å². The van der Waals surface area contributed by atoms with Gasteiger partial charge >= 0.3 is 0 Å². The van der Waals surface area contributed by atoms with E-state index in [0.29, 0.717) is 44.7 Å². The molecule has 3 aliphatic rings. The van der Waals surface area contributed by atoms with Crippen LogP contribution in [0.25, 0.3) is 10.8 Å². The van der Waals surface area contributed by atoms with Gasteiger partial charge in [0, 0.05) is 74.9 Å². The van der Waals surface area contributed by atoms with Crippen LogP contribution in [0.5, 0.6) is 0 Å². The Kier molecular flexibility index (Phi) is 5.78. The van der Waals surface area contributed by atoms with Gasteiger partial charge in [0.2, 0.25) is 0 Å². The third-order valence-electron chi connectivity index (χ3n) is 7.39. The lowest BCUT2D eigenvalue weighted by atomic mass is 10.0. The second kappa shape index (κ2) is 9.09. The van der Waals surface area contributed by atoms with Crippen molar-refractivity contribution < 1.29 is 18.7 Å². The number of carbonyl (C=O) groups excluding carboxylic acids is 1. The average Bonchev–Trinajstić information content (AvgIpc) is 3.36. The summed E-state index contributed by atoms with van der Waals surface area (Å²) in [7, 11) is 0. The van der Waals surface area contributed by atoms with Gasteiger partial charge in [-0.2, -0.15) is 0 Å². The molecular weight excluding hydrogens is 447 g/mol. The summed E-state index contributed by atoms with van der Waals surface area (Å²) in [6, 6.07) is 14.6. The van der Waals surface area contributed by atoms with E-state index in [1.54, 1.807) is 0 Å². The minimum absolute atomic E-state index is 0.0377. The molecule has 35 heavy (non-hydrogen) atoms. The Bertz CT molecular complexity index is 1210. The van der Waals surface area contributed by atoms with Crippen LogP contribution < -0.4 is 9.80 Å². The number of amides is 1. The lowest BCUT2D eigenvalue weighted by Gasteiger charge is -2.38. The van der Waals surface area contributed by atoms with Crippen molar-refractivity contribution in [2.24, 2.45) is 0 Å². The molecule has 8 heteroatoms. The van der Waals surface area contributed by atoms with Crippen molar-refractivity contribution in [1.29, 1.82) is 0 Å². The van der Waals surface area contributed by atoms with Gasteiger partial charge in [0.05, 0.1) is 13.2 Å². The number of anilines is 2. The molecule has 2 aromatic carbocycles. The lowest BCUT2D eigenvalue weighted by Crippen LogP contribution is -2.47. The van der Waals surface area contributed by atoms with Crippen LogP contribution in [0.3, 0.4) is 0 Å². The lowest BCUT2D eigenvalue weighted by molar-refractivity contribution is -0.181. The van der Waals surface area contributed by atoms with Crippen molar-refractivity contribution in [3.63, 3.8) is 0 Å². The molecule has 0 unspecified atom stereocenters. The minimum Gasteiger partial charge on any atom is -0.368 e. The van der Waals surface area contributed by atoms with E-state index in [-0.39, 0.29) is 11.7 Å². The number of likely N-dealkylation sites (tertiary alicyclic amines) is 1. The predicted molar refractivity (Wildman–Crippen MR) is 132 cm³/mol. The van der Waals surface area contributed by atoms with E-state index in [1.807, 2.05) is 47.5 Å². The molecule has 0 radical (unpaired) electrons. The Morgan fingerprint density at radius 1 is 0.857 bits per heavy atom. The first-order chi connectivity index (χ1) is 17.1. The monoisotopic (exact) mass is 476 g/mol. The number of piperazine rings is 1. The van der Waals surface area contributed by atoms with E-state index < -0.39 is 5.79 Å². The number of halogens is 1. The van der Waals surface area contributed by atoms with Crippen molar-refractivity contribution in [3.8, 4) is 0 Å². The summed E-state index contributed by atoms with van der Waals surface area (Å²) in [5.74, 6) is 0.228. The van der Waals surface area contributed by atoms with Crippen LogP contribution in [0.1, 0.15) is 23.2 Å². The van der Waals surface area contributed by atoms with Crippen LogP contribution in [-0.4, -0.2) is 74.1 Å². The molecular formula is C27H29FN4O3. The largest absolute Gasteiger partial charge is 0.368 e. The number of hydrogen-bond donors (Lipinski definition) is 0. The summed E-state index contributed by atoms with van der Waals surface area (Å²) in [6.07, 6.45) is 3.24. The van der Waals surface area contributed by atoms with E-state index in [4.69, 9.17) is 14.5 Å². The SMILES string of the molecule is O=C(c1ccc2ccnc(N3CCN(c4ccc(F)cc4)CC3)c2c1)N1CCC2(CC1)OCCO2. The van der Waals surface area contributed by atoms with E-state index in [1.165, 1.54) is 12.1 Å². The topological polar surface area (TPSA) is 58.1 Å². The maximum atomic E-state index is 13.3. The van der Waals surface area contributed by atoms with Crippen LogP contribution in [0, 0.1) is 5.82 Å². The van der Waals surface area contributed by atoms with E-state index in [9.17, 15) is 9.18 Å². The highest BCUT2D eigenvalue weighted by Crippen LogP contribution is 2.33. The van der Waals surface area contributed by atoms with Gasteiger partial charge < -0.3 is 24.2 Å². The first kappa shape index (κ1) is 22.2. The van der Waals surface area contributed by atoms with Crippen LogP contribution in [-0.2, 0) is 9.47 Å². The molecule has 3 fully saturated rings. The van der Waals surface area contributed by atoms with Crippen molar-refractivity contribution >= 4 is 28.2 Å². The molecule has 7 nitrogen and oxygen atoms in total. The minimum atomic E-state index is -0.493. The Morgan fingerprint density at radius 2 is 1.54 bits per heavy atom. The molecule has 0 saturated carbocycles. The molecule has 1 amide bonds. The van der Waals surface area contributed by atoms with Crippen LogP contribution >= 0.6 is 0 Å². The summed E-state index contributed by atoms with van der Waals surface area (Å²) >= 11 is 0. The Morgan fingerprint density at radius 3 is 2.26 bits per heavy atom. The molecule has 3 saturated heterocycles. The number of aromatic nitrogens is 1. The first-order valence-corrected chi connectivity index (χ1v) is 12.3. The molecule has 0 bridgehead atoms. The van der Waals surface area contributed by atoms with Gasteiger partial charge in [-0.25, -0.2) is 9.37 Å². The molecule has 3 aliphatic heterocycles. The molecule has 0 N–H and O–H groups in total. The maximum Gasteiger partial charge on any atom is 0.253 e. The number of benzene rings is 2. The zero-order valence-corrected chi connectivity index (χ0v) is 19.7. The molecule has 0 aliphatic carbocycles. The summed E-state index contributed by atoms with van der Waals surface area (Å²) in [4.78, 5) is 24.5. The Hall–Kier alpha value is -3.23. The van der Waals surface area contributed by atoms with E-state index in [0.717, 1.165) is 48.5 Å². The van der Waals surface area contributed by atoms with Crippen molar-refractivity contribution in [2.75, 3.05) is 62.3 Å². The number of hydrogen-bond acceptors (Lipinski definition) is 6. The second-order valence-electron chi connectivity index (χ2n) is 9.42. The molecule has 3 aromatic rings. The number of rotatable bonds is 3.